The molecule has 0 aromatic heterocycles. The van der Waals surface area contributed by atoms with Gasteiger partial charge in [0.15, 0.2) is 11.6 Å². The smallest absolute Gasteiger partial charge is 0.209 e. The Balaban J connectivity index is 2.65. The molecule has 0 saturated heterocycles. The van der Waals surface area contributed by atoms with Crippen molar-refractivity contribution in [3.63, 3.8) is 0 Å². The van der Waals surface area contributed by atoms with Crippen LogP contribution in [0.3, 0.4) is 0 Å². The molecule has 0 aliphatic heterocycles. The third-order valence-electron chi connectivity index (χ3n) is 2.26. The van der Waals surface area contributed by atoms with Crippen LogP contribution in [-0.2, 0) is 9.84 Å². The molecule has 0 N–H and O–H groups in total. The topological polar surface area (TPSA) is 34.1 Å². The van der Waals surface area contributed by atoms with Crippen molar-refractivity contribution in [3.05, 3.63) is 60.2 Å². The zero-order valence-corrected chi connectivity index (χ0v) is 9.42. The third kappa shape index (κ3) is 2.06. The predicted molar refractivity (Wildman–Crippen MR) is 58.3 cm³/mol. The van der Waals surface area contributed by atoms with Gasteiger partial charge in [0.1, 0.15) is 4.90 Å². The van der Waals surface area contributed by atoms with Gasteiger partial charge >= 0.3 is 0 Å². The fraction of sp³-hybridized carbons (Fsp3) is 0. The van der Waals surface area contributed by atoms with E-state index in [9.17, 15) is 17.2 Å². The lowest BCUT2D eigenvalue weighted by Gasteiger charge is -2.05. The largest absolute Gasteiger partial charge is 0.218 e. The van der Waals surface area contributed by atoms with Crippen LogP contribution >= 0.6 is 0 Å². The maximum atomic E-state index is 13.4. The predicted octanol–water partition coefficient (Wildman–Crippen LogP) is 2.80. The Labute approximate surface area is 97.4 Å². The van der Waals surface area contributed by atoms with E-state index in [0.717, 1.165) is 18.2 Å². The molecule has 0 bridgehead atoms. The monoisotopic (exact) mass is 254 g/mol. The highest BCUT2D eigenvalue weighted by Crippen LogP contribution is 2.24. The van der Waals surface area contributed by atoms with Crippen molar-refractivity contribution in [1.82, 2.24) is 0 Å². The second kappa shape index (κ2) is 4.25. The van der Waals surface area contributed by atoms with Crippen molar-refractivity contribution >= 4 is 9.84 Å². The number of rotatable bonds is 2. The molecule has 5 heteroatoms. The van der Waals surface area contributed by atoms with E-state index in [2.05, 4.69) is 0 Å². The first-order chi connectivity index (χ1) is 8.03. The van der Waals surface area contributed by atoms with E-state index < -0.39 is 26.4 Å². The Bertz CT molecular complexity index is 637. The molecule has 2 aromatic carbocycles. The van der Waals surface area contributed by atoms with Gasteiger partial charge in [-0.3, -0.25) is 0 Å². The number of sulfone groups is 1. The quantitative estimate of drug-likeness (QED) is 0.825. The van der Waals surface area contributed by atoms with Gasteiger partial charge in [0, 0.05) is 0 Å². The minimum atomic E-state index is -4.01. The molecule has 2 rings (SSSR count). The molecule has 0 spiro atoms. The molecular weight excluding hydrogens is 246 g/mol. The van der Waals surface area contributed by atoms with Gasteiger partial charge in [0.2, 0.25) is 9.84 Å². The van der Waals surface area contributed by atoms with Crippen molar-refractivity contribution in [2.24, 2.45) is 0 Å². The van der Waals surface area contributed by atoms with Gasteiger partial charge in [-0.2, -0.15) is 0 Å². The Morgan fingerprint density at radius 2 is 1.47 bits per heavy atom. The first-order valence-corrected chi connectivity index (χ1v) is 6.26. The van der Waals surface area contributed by atoms with Crippen LogP contribution in [0.15, 0.2) is 58.3 Å². The molecule has 0 amide bonds. The average Bonchev–Trinajstić information content (AvgIpc) is 2.33. The van der Waals surface area contributed by atoms with E-state index >= 15 is 0 Å². The average molecular weight is 254 g/mol. The maximum absolute atomic E-state index is 13.4. The Kier molecular flexibility index (Phi) is 2.93. The summed E-state index contributed by atoms with van der Waals surface area (Å²) < 4.78 is 50.4. The standard InChI is InChI=1S/C12H8F2O2S/c13-10-7-4-8-11(12(10)14)17(15,16)9-5-2-1-3-6-9/h1-8H. The fourth-order valence-electron chi connectivity index (χ4n) is 1.42. The molecule has 2 aromatic rings. The zero-order chi connectivity index (χ0) is 12.5. The molecule has 0 saturated carbocycles. The van der Waals surface area contributed by atoms with E-state index in [1.807, 2.05) is 0 Å². The Hall–Kier alpha value is -1.75. The third-order valence-corrected chi connectivity index (χ3v) is 4.05. The van der Waals surface area contributed by atoms with Gasteiger partial charge in [0.25, 0.3) is 0 Å². The molecular formula is C12H8F2O2S. The molecule has 0 aliphatic carbocycles. The summed E-state index contributed by atoms with van der Waals surface area (Å²) in [5, 5.41) is 0. The van der Waals surface area contributed by atoms with Crippen molar-refractivity contribution in [2.45, 2.75) is 9.79 Å². The summed E-state index contributed by atoms with van der Waals surface area (Å²) in [6.07, 6.45) is 0. The van der Waals surface area contributed by atoms with E-state index in [1.165, 1.54) is 24.3 Å². The van der Waals surface area contributed by atoms with Gasteiger partial charge in [0.05, 0.1) is 4.90 Å². The van der Waals surface area contributed by atoms with Crippen LogP contribution in [0.5, 0.6) is 0 Å². The van der Waals surface area contributed by atoms with Gasteiger partial charge in [-0.1, -0.05) is 24.3 Å². The highest BCUT2D eigenvalue weighted by atomic mass is 32.2. The van der Waals surface area contributed by atoms with Crippen LogP contribution in [0.4, 0.5) is 8.78 Å². The van der Waals surface area contributed by atoms with Crippen LogP contribution in [0.25, 0.3) is 0 Å². The molecule has 0 aliphatic rings. The minimum Gasteiger partial charge on any atom is -0.218 e. The molecule has 2 nitrogen and oxygen atoms in total. The van der Waals surface area contributed by atoms with E-state index in [1.54, 1.807) is 6.07 Å². The second-order valence-corrected chi connectivity index (χ2v) is 5.29. The zero-order valence-electron chi connectivity index (χ0n) is 8.60. The number of benzene rings is 2. The van der Waals surface area contributed by atoms with Crippen molar-refractivity contribution in [1.29, 1.82) is 0 Å². The summed E-state index contributed by atoms with van der Waals surface area (Å²) in [5.41, 5.74) is 0. The van der Waals surface area contributed by atoms with E-state index in [4.69, 9.17) is 0 Å². The highest BCUT2D eigenvalue weighted by Gasteiger charge is 2.23. The molecule has 0 atom stereocenters. The number of hydrogen-bond acceptors (Lipinski definition) is 2. The van der Waals surface area contributed by atoms with E-state index in [-0.39, 0.29) is 4.90 Å². The van der Waals surface area contributed by atoms with Crippen LogP contribution in [0, 0.1) is 11.6 Å². The van der Waals surface area contributed by atoms with Crippen molar-refractivity contribution in [2.75, 3.05) is 0 Å². The van der Waals surface area contributed by atoms with Crippen LogP contribution < -0.4 is 0 Å². The normalized spacial score (nSPS) is 11.4. The summed E-state index contributed by atoms with van der Waals surface area (Å²) in [5.74, 6) is -2.53. The molecule has 88 valence electrons. The lowest BCUT2D eigenvalue weighted by Crippen LogP contribution is -2.05. The van der Waals surface area contributed by atoms with Crippen LogP contribution in [0.1, 0.15) is 0 Å². The van der Waals surface area contributed by atoms with Gasteiger partial charge < -0.3 is 0 Å². The number of hydrogen-bond donors (Lipinski definition) is 0. The Morgan fingerprint density at radius 1 is 0.824 bits per heavy atom. The first kappa shape index (κ1) is 11.7. The lowest BCUT2D eigenvalue weighted by molar-refractivity contribution is 0.485. The minimum absolute atomic E-state index is 0.0653. The van der Waals surface area contributed by atoms with Crippen molar-refractivity contribution < 1.29 is 17.2 Å². The summed E-state index contributed by atoms with van der Waals surface area (Å²) >= 11 is 0. The van der Waals surface area contributed by atoms with Crippen LogP contribution in [0.2, 0.25) is 0 Å². The molecule has 0 fully saturated rings. The van der Waals surface area contributed by atoms with Gasteiger partial charge in [-0.05, 0) is 24.3 Å². The summed E-state index contributed by atoms with van der Waals surface area (Å²) in [7, 11) is -4.01. The summed E-state index contributed by atoms with van der Waals surface area (Å²) in [6.45, 7) is 0. The summed E-state index contributed by atoms with van der Waals surface area (Å²) in [4.78, 5) is -0.715. The molecule has 0 unspecified atom stereocenters. The summed E-state index contributed by atoms with van der Waals surface area (Å²) in [6, 6.07) is 10.4. The lowest BCUT2D eigenvalue weighted by atomic mass is 10.3. The van der Waals surface area contributed by atoms with E-state index in [0.29, 0.717) is 0 Å². The molecule has 0 heterocycles. The number of halogens is 2. The Morgan fingerprint density at radius 3 is 2.12 bits per heavy atom. The van der Waals surface area contributed by atoms with Crippen molar-refractivity contribution in [3.8, 4) is 0 Å². The SMILES string of the molecule is O=S(=O)(c1ccccc1)c1cccc(F)c1F. The highest BCUT2D eigenvalue weighted by molar-refractivity contribution is 7.91. The van der Waals surface area contributed by atoms with Gasteiger partial charge in [-0.25, -0.2) is 17.2 Å². The maximum Gasteiger partial charge on any atom is 0.209 e. The molecule has 17 heavy (non-hydrogen) atoms. The fourth-order valence-corrected chi connectivity index (χ4v) is 2.78. The second-order valence-electron chi connectivity index (χ2n) is 3.37. The van der Waals surface area contributed by atoms with Crippen LogP contribution in [-0.4, -0.2) is 8.42 Å². The van der Waals surface area contributed by atoms with Gasteiger partial charge in [-0.15, -0.1) is 0 Å². The first-order valence-electron chi connectivity index (χ1n) is 4.77. The molecule has 0 radical (unpaired) electrons.